The summed E-state index contributed by atoms with van der Waals surface area (Å²) in [7, 11) is 0. The van der Waals surface area contributed by atoms with Gasteiger partial charge in [0.2, 0.25) is 0 Å². The molecule has 1 aliphatic carbocycles. The summed E-state index contributed by atoms with van der Waals surface area (Å²) in [6.45, 7) is 3.49. The lowest BCUT2D eigenvalue weighted by molar-refractivity contribution is 0.0909. The Morgan fingerprint density at radius 1 is 1.15 bits per heavy atom. The van der Waals surface area contributed by atoms with Crippen molar-refractivity contribution in [2.45, 2.75) is 31.7 Å². The third-order valence-electron chi connectivity index (χ3n) is 4.31. The van der Waals surface area contributed by atoms with Crippen LogP contribution >= 0.6 is 0 Å². The molecule has 2 fully saturated rings. The maximum Gasteiger partial charge on any atom is 0.251 e. The van der Waals surface area contributed by atoms with Gasteiger partial charge in [0.1, 0.15) is 0 Å². The standard InChI is InChI=1S/C16H23N3O/c17-14-5-3-13(4-6-14)16(20)18-15-7-9-19(10-8-15)11-12-1-2-12/h3-6,12,15H,1-2,7-11,17H2,(H,18,20). The van der Waals surface area contributed by atoms with Crippen molar-refractivity contribution in [2.75, 3.05) is 25.4 Å². The SMILES string of the molecule is Nc1ccc(C(=O)NC2CCN(CC3CC3)CC2)cc1. The van der Waals surface area contributed by atoms with Crippen LogP contribution in [0.5, 0.6) is 0 Å². The van der Waals surface area contributed by atoms with Gasteiger partial charge >= 0.3 is 0 Å². The number of likely N-dealkylation sites (tertiary alicyclic amines) is 1. The van der Waals surface area contributed by atoms with Gasteiger partial charge in [0, 0.05) is 36.9 Å². The van der Waals surface area contributed by atoms with Crippen molar-refractivity contribution in [3.8, 4) is 0 Å². The Labute approximate surface area is 120 Å². The number of nitrogens with zero attached hydrogens (tertiary/aromatic N) is 1. The van der Waals surface area contributed by atoms with E-state index in [9.17, 15) is 4.79 Å². The third kappa shape index (κ3) is 3.51. The Balaban J connectivity index is 1.46. The Morgan fingerprint density at radius 3 is 2.40 bits per heavy atom. The van der Waals surface area contributed by atoms with Crippen LogP contribution < -0.4 is 11.1 Å². The van der Waals surface area contributed by atoms with E-state index in [1.165, 1.54) is 19.4 Å². The first-order valence-corrected chi connectivity index (χ1v) is 7.59. The minimum Gasteiger partial charge on any atom is -0.399 e. The fraction of sp³-hybridized carbons (Fsp3) is 0.562. The molecule has 0 bridgehead atoms. The van der Waals surface area contributed by atoms with Gasteiger partial charge < -0.3 is 16.0 Å². The molecule has 1 heterocycles. The zero-order valence-corrected chi connectivity index (χ0v) is 11.8. The molecule has 2 aliphatic rings. The third-order valence-corrected chi connectivity index (χ3v) is 4.31. The van der Waals surface area contributed by atoms with Crippen molar-refractivity contribution >= 4 is 11.6 Å². The van der Waals surface area contributed by atoms with Gasteiger partial charge in [-0.05, 0) is 55.9 Å². The van der Waals surface area contributed by atoms with Crippen LogP contribution in [-0.2, 0) is 0 Å². The van der Waals surface area contributed by atoms with Crippen molar-refractivity contribution < 1.29 is 4.79 Å². The lowest BCUT2D eigenvalue weighted by Gasteiger charge is -2.32. The summed E-state index contributed by atoms with van der Waals surface area (Å²) in [5.41, 5.74) is 7.02. The molecule has 1 aromatic carbocycles. The van der Waals surface area contributed by atoms with Crippen LogP contribution in [0.15, 0.2) is 24.3 Å². The summed E-state index contributed by atoms with van der Waals surface area (Å²) in [6.07, 6.45) is 4.95. The number of piperidine rings is 1. The molecular weight excluding hydrogens is 250 g/mol. The van der Waals surface area contributed by atoms with E-state index in [0.717, 1.165) is 31.8 Å². The Kier molecular flexibility index (Phi) is 3.92. The Bertz CT molecular complexity index is 459. The molecule has 0 atom stereocenters. The molecule has 1 aliphatic heterocycles. The molecule has 3 N–H and O–H groups in total. The normalized spacial score (nSPS) is 20.8. The van der Waals surface area contributed by atoms with Gasteiger partial charge in [-0.25, -0.2) is 0 Å². The molecule has 0 radical (unpaired) electrons. The van der Waals surface area contributed by atoms with Crippen molar-refractivity contribution in [2.24, 2.45) is 5.92 Å². The van der Waals surface area contributed by atoms with E-state index in [-0.39, 0.29) is 5.91 Å². The number of nitrogens with one attached hydrogen (secondary N) is 1. The first kappa shape index (κ1) is 13.4. The van der Waals surface area contributed by atoms with E-state index >= 15 is 0 Å². The molecule has 3 rings (SSSR count). The minimum atomic E-state index is 0.0191. The van der Waals surface area contributed by atoms with E-state index in [0.29, 0.717) is 17.3 Å². The zero-order valence-electron chi connectivity index (χ0n) is 11.8. The van der Waals surface area contributed by atoms with Crippen LogP contribution in [0.4, 0.5) is 5.69 Å². The van der Waals surface area contributed by atoms with E-state index in [1.807, 2.05) is 0 Å². The molecule has 4 nitrogen and oxygen atoms in total. The first-order chi connectivity index (χ1) is 9.70. The van der Waals surface area contributed by atoms with Gasteiger partial charge in [-0.3, -0.25) is 4.79 Å². The topological polar surface area (TPSA) is 58.4 Å². The summed E-state index contributed by atoms with van der Waals surface area (Å²) < 4.78 is 0. The van der Waals surface area contributed by atoms with E-state index in [4.69, 9.17) is 5.73 Å². The maximum absolute atomic E-state index is 12.1. The van der Waals surface area contributed by atoms with Crippen LogP contribution in [0.3, 0.4) is 0 Å². The van der Waals surface area contributed by atoms with Gasteiger partial charge in [-0.15, -0.1) is 0 Å². The van der Waals surface area contributed by atoms with Gasteiger partial charge in [0.05, 0.1) is 0 Å². The Hall–Kier alpha value is -1.55. The van der Waals surface area contributed by atoms with Crippen LogP contribution in [0.1, 0.15) is 36.0 Å². The van der Waals surface area contributed by atoms with Crippen LogP contribution in [0, 0.1) is 5.92 Å². The number of nitrogens with two attached hydrogens (primary N) is 1. The maximum atomic E-state index is 12.1. The molecule has 0 unspecified atom stereocenters. The van der Waals surface area contributed by atoms with E-state index in [2.05, 4.69) is 10.2 Å². The zero-order chi connectivity index (χ0) is 13.9. The number of hydrogen-bond acceptors (Lipinski definition) is 3. The lowest BCUT2D eigenvalue weighted by atomic mass is 10.0. The number of anilines is 1. The van der Waals surface area contributed by atoms with E-state index < -0.39 is 0 Å². The highest BCUT2D eigenvalue weighted by atomic mass is 16.1. The summed E-state index contributed by atoms with van der Waals surface area (Å²) >= 11 is 0. The summed E-state index contributed by atoms with van der Waals surface area (Å²) in [6, 6.07) is 7.43. The number of nitrogen functional groups attached to an aromatic ring is 1. The molecule has 1 saturated carbocycles. The molecule has 20 heavy (non-hydrogen) atoms. The van der Waals surface area contributed by atoms with E-state index in [1.54, 1.807) is 24.3 Å². The molecule has 1 saturated heterocycles. The number of hydrogen-bond donors (Lipinski definition) is 2. The molecular formula is C16H23N3O. The second-order valence-corrected chi connectivity index (χ2v) is 6.11. The molecule has 1 amide bonds. The van der Waals surface area contributed by atoms with Crippen LogP contribution in [0.25, 0.3) is 0 Å². The first-order valence-electron chi connectivity index (χ1n) is 7.59. The average Bonchev–Trinajstić information content (AvgIpc) is 3.26. The van der Waals surface area contributed by atoms with Gasteiger partial charge in [0.25, 0.3) is 5.91 Å². The quantitative estimate of drug-likeness (QED) is 0.823. The van der Waals surface area contributed by atoms with Crippen molar-refractivity contribution in [1.82, 2.24) is 10.2 Å². The monoisotopic (exact) mass is 273 g/mol. The second kappa shape index (κ2) is 5.83. The smallest absolute Gasteiger partial charge is 0.251 e. The minimum absolute atomic E-state index is 0.0191. The highest BCUT2D eigenvalue weighted by Crippen LogP contribution is 2.30. The highest BCUT2D eigenvalue weighted by molar-refractivity contribution is 5.94. The fourth-order valence-electron chi connectivity index (χ4n) is 2.83. The lowest BCUT2D eigenvalue weighted by Crippen LogP contribution is -2.45. The van der Waals surface area contributed by atoms with Crippen molar-refractivity contribution in [3.63, 3.8) is 0 Å². The fourth-order valence-corrected chi connectivity index (χ4v) is 2.83. The summed E-state index contributed by atoms with van der Waals surface area (Å²) in [5, 5.41) is 3.14. The second-order valence-electron chi connectivity index (χ2n) is 6.11. The molecule has 1 aromatic rings. The molecule has 0 spiro atoms. The van der Waals surface area contributed by atoms with Crippen molar-refractivity contribution in [3.05, 3.63) is 29.8 Å². The summed E-state index contributed by atoms with van der Waals surface area (Å²) in [5.74, 6) is 0.974. The molecule has 0 aromatic heterocycles. The predicted octanol–water partition coefficient (Wildman–Crippen LogP) is 1.87. The predicted molar refractivity (Wildman–Crippen MR) is 80.5 cm³/mol. The average molecular weight is 273 g/mol. The number of carbonyl (C=O) groups is 1. The number of rotatable bonds is 4. The largest absolute Gasteiger partial charge is 0.399 e. The number of benzene rings is 1. The van der Waals surface area contributed by atoms with Gasteiger partial charge in [0.15, 0.2) is 0 Å². The van der Waals surface area contributed by atoms with Crippen molar-refractivity contribution in [1.29, 1.82) is 0 Å². The Morgan fingerprint density at radius 2 is 1.80 bits per heavy atom. The van der Waals surface area contributed by atoms with Gasteiger partial charge in [-0.1, -0.05) is 0 Å². The van der Waals surface area contributed by atoms with Gasteiger partial charge in [-0.2, -0.15) is 0 Å². The summed E-state index contributed by atoms with van der Waals surface area (Å²) in [4.78, 5) is 14.7. The molecule has 108 valence electrons. The number of amides is 1. The van der Waals surface area contributed by atoms with Crippen LogP contribution in [0.2, 0.25) is 0 Å². The number of carbonyl (C=O) groups excluding carboxylic acids is 1. The van der Waals surface area contributed by atoms with Crippen LogP contribution in [-0.4, -0.2) is 36.5 Å². The highest BCUT2D eigenvalue weighted by Gasteiger charge is 2.27. The molecule has 4 heteroatoms.